The summed E-state index contributed by atoms with van der Waals surface area (Å²) >= 11 is 0. The first-order valence-corrected chi connectivity index (χ1v) is 9.09. The number of hydrogen-bond donors (Lipinski definition) is 1. The molecule has 2 fully saturated rings. The molecule has 2 rings (SSSR count). The predicted molar refractivity (Wildman–Crippen MR) is 88.2 cm³/mol. The third kappa shape index (κ3) is 5.28. The van der Waals surface area contributed by atoms with E-state index in [0.29, 0.717) is 23.9 Å². The summed E-state index contributed by atoms with van der Waals surface area (Å²) in [7, 11) is 0. The summed E-state index contributed by atoms with van der Waals surface area (Å²) in [6.07, 6.45) is 9.85. The van der Waals surface area contributed by atoms with Crippen molar-refractivity contribution in [1.82, 2.24) is 10.2 Å². The minimum absolute atomic E-state index is 0.402. The average molecular weight is 294 g/mol. The number of nitrogens with zero attached hydrogens (tertiary/aromatic N) is 1. The van der Waals surface area contributed by atoms with E-state index < -0.39 is 0 Å². The highest BCUT2D eigenvalue weighted by Gasteiger charge is 2.30. The Bertz CT molecular complexity index is 323. The van der Waals surface area contributed by atoms with Gasteiger partial charge in [-0.1, -0.05) is 46.0 Å². The van der Waals surface area contributed by atoms with E-state index in [2.05, 4.69) is 31.0 Å². The molecule has 2 aliphatic rings. The van der Waals surface area contributed by atoms with Crippen LogP contribution in [0, 0.1) is 11.8 Å². The van der Waals surface area contributed by atoms with Crippen LogP contribution in [0.3, 0.4) is 0 Å². The lowest BCUT2D eigenvalue weighted by Gasteiger charge is -2.40. The second kappa shape index (κ2) is 8.17. The molecule has 122 valence electrons. The third-order valence-electron chi connectivity index (χ3n) is 5.17. The van der Waals surface area contributed by atoms with Crippen molar-refractivity contribution in [1.29, 1.82) is 0 Å². The van der Waals surface area contributed by atoms with Crippen LogP contribution >= 0.6 is 0 Å². The summed E-state index contributed by atoms with van der Waals surface area (Å²) in [5.74, 6) is 1.87. The SMILES string of the molecule is CC(C)CC1CNC(C)CN1C(=O)CCC1CCCCC1. The summed E-state index contributed by atoms with van der Waals surface area (Å²) in [5.41, 5.74) is 0. The molecule has 1 aliphatic heterocycles. The molecule has 0 aromatic carbocycles. The minimum atomic E-state index is 0.402. The molecule has 21 heavy (non-hydrogen) atoms. The quantitative estimate of drug-likeness (QED) is 0.840. The van der Waals surface area contributed by atoms with Gasteiger partial charge in [0.05, 0.1) is 0 Å². The molecular weight excluding hydrogens is 260 g/mol. The van der Waals surface area contributed by atoms with Crippen molar-refractivity contribution < 1.29 is 4.79 Å². The summed E-state index contributed by atoms with van der Waals surface area (Å²) in [4.78, 5) is 14.9. The van der Waals surface area contributed by atoms with E-state index in [0.717, 1.165) is 38.3 Å². The normalized spacial score (nSPS) is 28.1. The first-order valence-electron chi connectivity index (χ1n) is 9.09. The molecule has 1 aliphatic carbocycles. The minimum Gasteiger partial charge on any atom is -0.337 e. The molecule has 3 heteroatoms. The van der Waals surface area contributed by atoms with E-state index in [4.69, 9.17) is 0 Å². The highest BCUT2D eigenvalue weighted by Crippen LogP contribution is 2.28. The molecule has 2 atom stereocenters. The first kappa shape index (κ1) is 16.8. The fourth-order valence-corrected chi connectivity index (χ4v) is 3.96. The maximum Gasteiger partial charge on any atom is 0.222 e. The predicted octanol–water partition coefficient (Wildman–Crippen LogP) is 3.58. The summed E-state index contributed by atoms with van der Waals surface area (Å²) in [6.45, 7) is 8.55. The molecule has 1 N–H and O–H groups in total. The monoisotopic (exact) mass is 294 g/mol. The van der Waals surface area contributed by atoms with Gasteiger partial charge in [0.1, 0.15) is 0 Å². The zero-order valence-electron chi connectivity index (χ0n) is 14.2. The van der Waals surface area contributed by atoms with Crippen molar-refractivity contribution in [3.63, 3.8) is 0 Å². The molecule has 0 aromatic heterocycles. The van der Waals surface area contributed by atoms with Gasteiger partial charge in [0.2, 0.25) is 5.91 Å². The largest absolute Gasteiger partial charge is 0.337 e. The fraction of sp³-hybridized carbons (Fsp3) is 0.944. The highest BCUT2D eigenvalue weighted by atomic mass is 16.2. The Hall–Kier alpha value is -0.570. The Balaban J connectivity index is 1.84. The van der Waals surface area contributed by atoms with Crippen molar-refractivity contribution >= 4 is 5.91 Å². The van der Waals surface area contributed by atoms with Crippen molar-refractivity contribution in [2.45, 2.75) is 84.2 Å². The molecule has 1 heterocycles. The van der Waals surface area contributed by atoms with Crippen molar-refractivity contribution in [2.75, 3.05) is 13.1 Å². The number of piperazine rings is 1. The van der Waals surface area contributed by atoms with Crippen LogP contribution in [0.5, 0.6) is 0 Å². The lowest BCUT2D eigenvalue weighted by molar-refractivity contribution is -0.135. The number of carbonyl (C=O) groups excluding carboxylic acids is 1. The van der Waals surface area contributed by atoms with E-state index >= 15 is 0 Å². The van der Waals surface area contributed by atoms with E-state index in [-0.39, 0.29) is 0 Å². The Morgan fingerprint density at radius 1 is 1.24 bits per heavy atom. The van der Waals surface area contributed by atoms with E-state index in [1.807, 2.05) is 0 Å². The molecule has 0 aromatic rings. The van der Waals surface area contributed by atoms with Crippen LogP contribution in [0.4, 0.5) is 0 Å². The van der Waals surface area contributed by atoms with Crippen molar-refractivity contribution in [3.8, 4) is 0 Å². The zero-order chi connectivity index (χ0) is 15.2. The molecule has 2 unspecified atom stereocenters. The van der Waals surface area contributed by atoms with Gasteiger partial charge in [0.25, 0.3) is 0 Å². The fourth-order valence-electron chi connectivity index (χ4n) is 3.96. The first-order chi connectivity index (χ1) is 10.1. The van der Waals surface area contributed by atoms with Crippen LogP contribution < -0.4 is 5.32 Å². The topological polar surface area (TPSA) is 32.3 Å². The van der Waals surface area contributed by atoms with E-state index in [1.54, 1.807) is 0 Å². The van der Waals surface area contributed by atoms with E-state index in [1.165, 1.54) is 32.1 Å². The van der Waals surface area contributed by atoms with Gasteiger partial charge in [0.15, 0.2) is 0 Å². The Morgan fingerprint density at radius 2 is 1.95 bits per heavy atom. The number of hydrogen-bond acceptors (Lipinski definition) is 2. The molecule has 0 radical (unpaired) electrons. The average Bonchev–Trinajstić information content (AvgIpc) is 2.47. The number of rotatable bonds is 5. The molecule has 3 nitrogen and oxygen atoms in total. The van der Waals surface area contributed by atoms with Gasteiger partial charge in [-0.25, -0.2) is 0 Å². The van der Waals surface area contributed by atoms with Crippen LogP contribution in [0.2, 0.25) is 0 Å². The smallest absolute Gasteiger partial charge is 0.222 e. The number of amides is 1. The van der Waals surface area contributed by atoms with Crippen LogP contribution in [-0.4, -0.2) is 36.0 Å². The number of carbonyl (C=O) groups is 1. The van der Waals surface area contributed by atoms with Crippen LogP contribution in [-0.2, 0) is 4.79 Å². The molecule has 1 saturated heterocycles. The molecule has 0 bridgehead atoms. The van der Waals surface area contributed by atoms with Gasteiger partial charge in [-0.3, -0.25) is 4.79 Å². The zero-order valence-corrected chi connectivity index (χ0v) is 14.2. The van der Waals surface area contributed by atoms with Crippen molar-refractivity contribution in [2.24, 2.45) is 11.8 Å². The van der Waals surface area contributed by atoms with Gasteiger partial charge in [0, 0.05) is 31.6 Å². The van der Waals surface area contributed by atoms with Gasteiger partial charge in [-0.2, -0.15) is 0 Å². The van der Waals surface area contributed by atoms with Gasteiger partial charge < -0.3 is 10.2 Å². The second-order valence-electron chi connectivity index (χ2n) is 7.68. The molecule has 1 saturated carbocycles. The van der Waals surface area contributed by atoms with Crippen LogP contribution in [0.25, 0.3) is 0 Å². The summed E-state index contributed by atoms with van der Waals surface area (Å²) < 4.78 is 0. The van der Waals surface area contributed by atoms with Gasteiger partial charge in [-0.15, -0.1) is 0 Å². The van der Waals surface area contributed by atoms with Crippen LogP contribution in [0.1, 0.15) is 72.1 Å². The van der Waals surface area contributed by atoms with Gasteiger partial charge >= 0.3 is 0 Å². The maximum atomic E-state index is 12.7. The maximum absolute atomic E-state index is 12.7. The van der Waals surface area contributed by atoms with E-state index in [9.17, 15) is 4.79 Å². The molecule has 1 amide bonds. The Kier molecular flexibility index (Phi) is 6.53. The van der Waals surface area contributed by atoms with Gasteiger partial charge in [-0.05, 0) is 31.6 Å². The highest BCUT2D eigenvalue weighted by molar-refractivity contribution is 5.76. The lowest BCUT2D eigenvalue weighted by atomic mass is 9.86. The lowest BCUT2D eigenvalue weighted by Crippen LogP contribution is -2.57. The Morgan fingerprint density at radius 3 is 2.62 bits per heavy atom. The standard InChI is InChI=1S/C18H34N2O/c1-14(2)11-17-12-19-15(3)13-20(17)18(21)10-9-16-7-5-4-6-8-16/h14-17,19H,4-13H2,1-3H3. The number of nitrogens with one attached hydrogen (secondary N) is 1. The third-order valence-corrected chi connectivity index (χ3v) is 5.17. The summed E-state index contributed by atoms with van der Waals surface area (Å²) in [6, 6.07) is 0.840. The summed E-state index contributed by atoms with van der Waals surface area (Å²) in [5, 5.41) is 3.53. The van der Waals surface area contributed by atoms with Crippen LogP contribution in [0.15, 0.2) is 0 Å². The second-order valence-corrected chi connectivity index (χ2v) is 7.68. The molecule has 0 spiro atoms. The Labute approximate surface area is 130 Å². The molecular formula is C18H34N2O. The van der Waals surface area contributed by atoms with Crippen molar-refractivity contribution in [3.05, 3.63) is 0 Å².